The maximum atomic E-state index is 11.6. The molecule has 6 nitrogen and oxygen atoms in total. The number of nitrogens with one attached hydrogen (secondary N) is 2. The van der Waals surface area contributed by atoms with E-state index in [-0.39, 0.29) is 36.5 Å². The van der Waals surface area contributed by atoms with E-state index in [1.165, 1.54) is 10.5 Å². The minimum Gasteiger partial charge on any atom is -0.484 e. The number of thiophene rings is 1. The first-order chi connectivity index (χ1) is 12.1. The van der Waals surface area contributed by atoms with Gasteiger partial charge >= 0.3 is 0 Å². The Morgan fingerprint density at radius 2 is 1.92 bits per heavy atom. The van der Waals surface area contributed by atoms with Crippen molar-refractivity contribution < 1.29 is 9.53 Å². The summed E-state index contributed by atoms with van der Waals surface area (Å²) in [6.45, 7) is 1.38. The van der Waals surface area contributed by atoms with Crippen LogP contribution >= 0.6 is 35.3 Å². The highest BCUT2D eigenvalue weighted by Crippen LogP contribution is 2.13. The SMILES string of the molecule is CN=C(NCc1ccsc1)NCc1cccc(OCC(=O)N(C)C)c1.I. The molecule has 2 aromatic rings. The summed E-state index contributed by atoms with van der Waals surface area (Å²) in [5, 5.41) is 10.7. The highest BCUT2D eigenvalue weighted by atomic mass is 127. The second kappa shape index (κ2) is 11.7. The average molecular weight is 488 g/mol. The molecule has 1 aromatic carbocycles. The Bertz CT molecular complexity index is 705. The van der Waals surface area contributed by atoms with Gasteiger partial charge in [0.15, 0.2) is 12.6 Å². The molecule has 0 aliphatic heterocycles. The normalized spacial score (nSPS) is 10.7. The number of nitrogens with zero attached hydrogens (tertiary/aromatic N) is 2. The van der Waals surface area contributed by atoms with Gasteiger partial charge in [-0.1, -0.05) is 12.1 Å². The highest BCUT2D eigenvalue weighted by Gasteiger charge is 2.05. The Morgan fingerprint density at radius 3 is 2.54 bits per heavy atom. The molecule has 1 heterocycles. The van der Waals surface area contributed by atoms with Crippen LogP contribution < -0.4 is 15.4 Å². The van der Waals surface area contributed by atoms with E-state index in [4.69, 9.17) is 4.74 Å². The number of hydrogen-bond acceptors (Lipinski definition) is 4. The van der Waals surface area contributed by atoms with E-state index >= 15 is 0 Å². The lowest BCUT2D eigenvalue weighted by molar-refractivity contribution is -0.130. The third-order valence-electron chi connectivity index (χ3n) is 3.48. The van der Waals surface area contributed by atoms with Gasteiger partial charge in [-0.25, -0.2) is 0 Å². The molecule has 0 radical (unpaired) electrons. The smallest absolute Gasteiger partial charge is 0.259 e. The molecule has 0 saturated carbocycles. The van der Waals surface area contributed by atoms with Gasteiger partial charge in [0.05, 0.1) is 0 Å². The lowest BCUT2D eigenvalue weighted by Crippen LogP contribution is -2.36. The molecular weight excluding hydrogens is 463 g/mol. The summed E-state index contributed by atoms with van der Waals surface area (Å²) < 4.78 is 5.54. The van der Waals surface area contributed by atoms with Crippen LogP contribution in [0.25, 0.3) is 0 Å². The van der Waals surface area contributed by atoms with Crippen LogP contribution in [-0.4, -0.2) is 44.5 Å². The van der Waals surface area contributed by atoms with Crippen LogP contribution in [0.2, 0.25) is 0 Å². The summed E-state index contributed by atoms with van der Waals surface area (Å²) in [6.07, 6.45) is 0. The number of carbonyl (C=O) groups excluding carboxylic acids is 1. The van der Waals surface area contributed by atoms with Crippen molar-refractivity contribution in [2.45, 2.75) is 13.1 Å². The number of carbonyl (C=O) groups is 1. The van der Waals surface area contributed by atoms with Gasteiger partial charge in [-0.3, -0.25) is 9.79 Å². The van der Waals surface area contributed by atoms with Gasteiger partial charge in [0.1, 0.15) is 5.75 Å². The third-order valence-corrected chi connectivity index (χ3v) is 4.22. The Morgan fingerprint density at radius 1 is 1.19 bits per heavy atom. The lowest BCUT2D eigenvalue weighted by Gasteiger charge is -2.13. The van der Waals surface area contributed by atoms with Crippen molar-refractivity contribution in [2.24, 2.45) is 4.99 Å². The molecule has 2 N–H and O–H groups in total. The van der Waals surface area contributed by atoms with Gasteiger partial charge in [-0.2, -0.15) is 11.3 Å². The quantitative estimate of drug-likeness (QED) is 0.358. The number of amides is 1. The van der Waals surface area contributed by atoms with Crippen LogP contribution in [-0.2, 0) is 17.9 Å². The first kappa shape index (κ1) is 22.2. The van der Waals surface area contributed by atoms with Crippen molar-refractivity contribution in [1.82, 2.24) is 15.5 Å². The zero-order chi connectivity index (χ0) is 18.1. The zero-order valence-electron chi connectivity index (χ0n) is 15.2. The van der Waals surface area contributed by atoms with Crippen LogP contribution in [0.3, 0.4) is 0 Å². The summed E-state index contributed by atoms with van der Waals surface area (Å²) in [7, 11) is 5.16. The molecule has 0 aliphatic rings. The maximum Gasteiger partial charge on any atom is 0.259 e. The second-order valence-electron chi connectivity index (χ2n) is 5.64. The molecule has 0 spiro atoms. The Balaban J connectivity index is 0.00000338. The van der Waals surface area contributed by atoms with Gasteiger partial charge in [-0.15, -0.1) is 24.0 Å². The van der Waals surface area contributed by atoms with Gasteiger partial charge < -0.3 is 20.3 Å². The van der Waals surface area contributed by atoms with Crippen molar-refractivity contribution in [3.05, 3.63) is 52.2 Å². The third kappa shape index (κ3) is 7.61. The molecule has 0 fully saturated rings. The molecule has 0 saturated heterocycles. The fourth-order valence-corrected chi connectivity index (χ4v) is 2.67. The minimum absolute atomic E-state index is 0. The van der Waals surface area contributed by atoms with Crippen LogP contribution in [0.5, 0.6) is 5.75 Å². The Labute approximate surface area is 175 Å². The topological polar surface area (TPSA) is 66.0 Å². The van der Waals surface area contributed by atoms with Crippen molar-refractivity contribution in [1.29, 1.82) is 0 Å². The molecule has 0 unspecified atom stereocenters. The first-order valence-electron chi connectivity index (χ1n) is 7.96. The molecule has 1 aromatic heterocycles. The maximum absolute atomic E-state index is 11.6. The molecular formula is C18H25IN4O2S. The van der Waals surface area contributed by atoms with Gasteiger partial charge in [0, 0.05) is 34.2 Å². The molecule has 0 aliphatic carbocycles. The minimum atomic E-state index is -0.0680. The summed E-state index contributed by atoms with van der Waals surface area (Å²) in [5.74, 6) is 1.34. The van der Waals surface area contributed by atoms with Crippen LogP contribution in [0.4, 0.5) is 0 Å². The fraction of sp³-hybridized carbons (Fsp3) is 0.333. The number of likely N-dealkylation sites (N-methyl/N-ethyl adjacent to an activating group) is 1. The van der Waals surface area contributed by atoms with Gasteiger partial charge in [-0.05, 0) is 40.1 Å². The number of aliphatic imine (C=N–C) groups is 1. The van der Waals surface area contributed by atoms with E-state index in [9.17, 15) is 4.79 Å². The van der Waals surface area contributed by atoms with E-state index in [0.29, 0.717) is 12.3 Å². The number of ether oxygens (including phenoxy) is 1. The summed E-state index contributed by atoms with van der Waals surface area (Å²) >= 11 is 1.68. The molecule has 142 valence electrons. The molecule has 0 bridgehead atoms. The molecule has 1 amide bonds. The first-order valence-corrected chi connectivity index (χ1v) is 8.90. The number of hydrogen-bond donors (Lipinski definition) is 2. The Hall–Kier alpha value is -1.81. The zero-order valence-corrected chi connectivity index (χ0v) is 18.3. The number of guanidine groups is 1. The number of halogens is 1. The predicted octanol–water partition coefficient (Wildman–Crippen LogP) is 2.70. The van der Waals surface area contributed by atoms with E-state index in [2.05, 4.69) is 32.5 Å². The number of benzene rings is 1. The van der Waals surface area contributed by atoms with Crippen LogP contribution in [0.1, 0.15) is 11.1 Å². The van der Waals surface area contributed by atoms with E-state index in [0.717, 1.165) is 18.1 Å². The molecule has 8 heteroatoms. The highest BCUT2D eigenvalue weighted by molar-refractivity contribution is 14.0. The van der Waals surface area contributed by atoms with E-state index < -0.39 is 0 Å². The summed E-state index contributed by atoms with van der Waals surface area (Å²) in [4.78, 5) is 17.3. The van der Waals surface area contributed by atoms with Crippen LogP contribution in [0.15, 0.2) is 46.1 Å². The summed E-state index contributed by atoms with van der Waals surface area (Å²) in [5.41, 5.74) is 2.28. The van der Waals surface area contributed by atoms with Crippen molar-refractivity contribution in [3.8, 4) is 5.75 Å². The van der Waals surface area contributed by atoms with Gasteiger partial charge in [0.25, 0.3) is 5.91 Å². The molecule has 0 atom stereocenters. The average Bonchev–Trinajstić information content (AvgIpc) is 3.13. The molecule has 2 rings (SSSR count). The van der Waals surface area contributed by atoms with E-state index in [1.807, 2.05) is 24.3 Å². The summed E-state index contributed by atoms with van der Waals surface area (Å²) in [6, 6.07) is 9.76. The van der Waals surface area contributed by atoms with Crippen molar-refractivity contribution in [3.63, 3.8) is 0 Å². The molecule has 26 heavy (non-hydrogen) atoms. The standard InChI is InChI=1S/C18H24N4O2S.HI/c1-19-18(21-11-15-7-8-25-13-15)20-10-14-5-4-6-16(9-14)24-12-17(23)22(2)3;/h4-9,13H,10-12H2,1-3H3,(H2,19,20,21);1H. The van der Waals surface area contributed by atoms with Crippen LogP contribution in [0, 0.1) is 0 Å². The second-order valence-corrected chi connectivity index (χ2v) is 6.42. The van der Waals surface area contributed by atoms with Gasteiger partial charge in [0.2, 0.25) is 0 Å². The van der Waals surface area contributed by atoms with Crippen molar-refractivity contribution >= 4 is 47.2 Å². The number of rotatable bonds is 7. The van der Waals surface area contributed by atoms with E-state index in [1.54, 1.807) is 32.5 Å². The lowest BCUT2D eigenvalue weighted by atomic mass is 10.2. The Kier molecular flexibility index (Phi) is 10.0. The fourth-order valence-electron chi connectivity index (χ4n) is 2.00. The van der Waals surface area contributed by atoms with Crippen molar-refractivity contribution in [2.75, 3.05) is 27.7 Å². The predicted molar refractivity (Wildman–Crippen MR) is 117 cm³/mol. The largest absolute Gasteiger partial charge is 0.484 e. The monoisotopic (exact) mass is 488 g/mol.